The number of urea groups is 1. The van der Waals surface area contributed by atoms with Crippen LogP contribution in [0.15, 0.2) is 42.7 Å². The van der Waals surface area contributed by atoms with Crippen molar-refractivity contribution in [3.8, 4) is 22.9 Å². The van der Waals surface area contributed by atoms with Crippen LogP contribution in [0.4, 0.5) is 10.7 Å². The third-order valence-corrected chi connectivity index (χ3v) is 8.45. The average Bonchev–Trinajstić information content (AvgIpc) is 3.03. The third-order valence-electron chi connectivity index (χ3n) is 8.02. The Morgan fingerprint density at radius 1 is 0.955 bits per heavy atom. The first-order valence-corrected chi connectivity index (χ1v) is 15.8. The van der Waals surface area contributed by atoms with Gasteiger partial charge >= 0.3 is 6.03 Å². The Kier molecular flexibility index (Phi) is 11.5. The Balaban J connectivity index is 1.27. The number of benzene rings is 1. The monoisotopic (exact) mass is 642 g/mol. The van der Waals surface area contributed by atoms with Gasteiger partial charge in [-0.15, -0.1) is 0 Å². The summed E-state index contributed by atoms with van der Waals surface area (Å²) in [5, 5.41) is 6.62. The molecule has 44 heavy (non-hydrogen) atoms. The fraction of sp³-hybridized carbons (Fsp3) is 0.484. The molecule has 1 aromatic carbocycles. The van der Waals surface area contributed by atoms with Gasteiger partial charge in [0, 0.05) is 81.6 Å². The predicted octanol–water partition coefficient (Wildman–Crippen LogP) is 4.55. The Morgan fingerprint density at radius 3 is 2.32 bits per heavy atom. The second-order valence-electron chi connectivity index (χ2n) is 11.2. The van der Waals surface area contributed by atoms with Crippen LogP contribution in [-0.4, -0.2) is 104 Å². The van der Waals surface area contributed by atoms with Crippen LogP contribution in [0.3, 0.4) is 0 Å². The zero-order valence-electron chi connectivity index (χ0n) is 25.3. The number of rotatable bonds is 11. The number of pyridine rings is 1. The minimum absolute atomic E-state index is 0.137. The van der Waals surface area contributed by atoms with Crippen LogP contribution < -0.4 is 20.3 Å². The first kappa shape index (κ1) is 32.2. The average molecular weight is 644 g/mol. The van der Waals surface area contributed by atoms with E-state index in [4.69, 9.17) is 37.7 Å². The first-order chi connectivity index (χ1) is 21.4. The van der Waals surface area contributed by atoms with Crippen molar-refractivity contribution in [2.24, 2.45) is 5.92 Å². The van der Waals surface area contributed by atoms with Crippen LogP contribution in [0.5, 0.6) is 11.6 Å². The van der Waals surface area contributed by atoms with Crippen molar-refractivity contribution >= 4 is 35.2 Å². The van der Waals surface area contributed by atoms with E-state index in [1.54, 1.807) is 32.6 Å². The Hall–Kier alpha value is -3.22. The van der Waals surface area contributed by atoms with E-state index in [-0.39, 0.29) is 6.03 Å². The lowest BCUT2D eigenvalue weighted by atomic mass is 9.96. The highest BCUT2D eigenvalue weighted by Crippen LogP contribution is 2.31. The number of carbonyl (C=O) groups excluding carboxylic acids is 1. The summed E-state index contributed by atoms with van der Waals surface area (Å²) in [6.07, 6.45) is 5.42. The van der Waals surface area contributed by atoms with Crippen LogP contribution >= 0.6 is 23.2 Å². The van der Waals surface area contributed by atoms with Gasteiger partial charge in [-0.25, -0.2) is 19.7 Å². The molecule has 4 heterocycles. The van der Waals surface area contributed by atoms with Crippen molar-refractivity contribution < 1.29 is 14.3 Å². The van der Waals surface area contributed by atoms with Gasteiger partial charge in [-0.05, 0) is 61.7 Å². The summed E-state index contributed by atoms with van der Waals surface area (Å²) < 4.78 is 11.4. The molecule has 236 valence electrons. The molecule has 0 radical (unpaired) electrons. The van der Waals surface area contributed by atoms with Crippen molar-refractivity contribution in [2.45, 2.75) is 19.4 Å². The molecule has 0 bridgehead atoms. The number of carbonyl (C=O) groups is 1. The molecule has 0 saturated carbocycles. The van der Waals surface area contributed by atoms with Gasteiger partial charge in [0.25, 0.3) is 0 Å². The van der Waals surface area contributed by atoms with Crippen molar-refractivity contribution in [3.05, 3.63) is 58.3 Å². The van der Waals surface area contributed by atoms with E-state index < -0.39 is 0 Å². The van der Waals surface area contributed by atoms with E-state index in [1.807, 2.05) is 18.2 Å². The number of halogens is 2. The quantitative estimate of drug-likeness (QED) is 0.311. The lowest BCUT2D eigenvalue weighted by Crippen LogP contribution is -2.47. The Labute approximate surface area is 268 Å². The maximum atomic E-state index is 11.6. The highest BCUT2D eigenvalue weighted by atomic mass is 35.5. The summed E-state index contributed by atoms with van der Waals surface area (Å²) in [4.78, 5) is 32.5. The van der Waals surface area contributed by atoms with Crippen molar-refractivity contribution in [2.75, 3.05) is 78.0 Å². The minimum Gasteiger partial charge on any atom is -0.436 e. The summed E-state index contributed by atoms with van der Waals surface area (Å²) in [5.41, 5.74) is 2.59. The highest BCUT2D eigenvalue weighted by Gasteiger charge is 2.21. The smallest absolute Gasteiger partial charge is 0.314 e. The number of nitrogens with one attached hydrogen (secondary N) is 2. The summed E-state index contributed by atoms with van der Waals surface area (Å²) in [6, 6.07) is 9.28. The summed E-state index contributed by atoms with van der Waals surface area (Å²) in [7, 11) is 3.36. The van der Waals surface area contributed by atoms with Gasteiger partial charge < -0.3 is 25.0 Å². The van der Waals surface area contributed by atoms with E-state index in [0.717, 1.165) is 88.6 Å². The number of likely N-dealkylation sites (tertiary alicyclic amines) is 1. The van der Waals surface area contributed by atoms with E-state index in [2.05, 4.69) is 41.4 Å². The molecule has 5 rings (SSSR count). The lowest BCUT2D eigenvalue weighted by Gasteiger charge is -2.34. The fourth-order valence-corrected chi connectivity index (χ4v) is 6.05. The molecule has 2 fully saturated rings. The molecule has 2 aliphatic heterocycles. The number of amides is 2. The topological polar surface area (TPSA) is 108 Å². The maximum Gasteiger partial charge on any atom is 0.314 e. The standard InChI is InChI=1S/C31H40Cl2N8O3/c1-34-31(42)37-18-22-3-5-40(6-4-22)21-23-13-28(24-15-25(32)17-26(33)16-24)38-29(14-23)44-27-19-35-30(36-20-27)41-9-7-39(8-10-41)11-12-43-2/h13-17,19-20,22H,3-12,18,21H2,1-2H3,(H2,34,37,42). The van der Waals surface area contributed by atoms with Crippen LogP contribution in [-0.2, 0) is 11.3 Å². The molecule has 2 N–H and O–H groups in total. The van der Waals surface area contributed by atoms with Crippen molar-refractivity contribution in [1.82, 2.24) is 35.4 Å². The summed E-state index contributed by atoms with van der Waals surface area (Å²) in [6.45, 7) is 8.59. The minimum atomic E-state index is -0.137. The first-order valence-electron chi connectivity index (χ1n) is 15.0. The fourth-order valence-electron chi connectivity index (χ4n) is 5.52. The molecule has 0 spiro atoms. The van der Waals surface area contributed by atoms with Crippen molar-refractivity contribution in [3.63, 3.8) is 0 Å². The molecule has 11 nitrogen and oxygen atoms in total. The molecular formula is C31H40Cl2N8O3. The molecule has 2 aromatic heterocycles. The number of nitrogens with zero attached hydrogens (tertiary/aromatic N) is 6. The van der Waals surface area contributed by atoms with Gasteiger partial charge in [-0.3, -0.25) is 9.80 Å². The molecule has 13 heteroatoms. The number of ether oxygens (including phenoxy) is 2. The largest absolute Gasteiger partial charge is 0.436 e. The van der Waals surface area contributed by atoms with Gasteiger partial charge in [0.15, 0.2) is 5.75 Å². The number of aromatic nitrogens is 3. The lowest BCUT2D eigenvalue weighted by molar-refractivity contribution is 0.143. The number of anilines is 1. The van der Waals surface area contributed by atoms with Crippen LogP contribution in [0.25, 0.3) is 11.3 Å². The number of hydrogen-bond donors (Lipinski definition) is 2. The maximum absolute atomic E-state index is 11.6. The van der Waals surface area contributed by atoms with E-state index in [1.165, 1.54) is 0 Å². The second kappa shape index (κ2) is 15.7. The molecule has 0 atom stereocenters. The number of piperidine rings is 1. The highest BCUT2D eigenvalue weighted by molar-refractivity contribution is 6.35. The normalized spacial score (nSPS) is 16.6. The molecular weight excluding hydrogens is 603 g/mol. The molecule has 3 aromatic rings. The molecule has 2 amide bonds. The van der Waals surface area contributed by atoms with Crippen molar-refractivity contribution in [1.29, 1.82) is 0 Å². The van der Waals surface area contributed by atoms with Crippen LogP contribution in [0.2, 0.25) is 10.0 Å². The van der Waals surface area contributed by atoms with E-state index >= 15 is 0 Å². The zero-order chi connectivity index (χ0) is 30.9. The molecule has 0 aliphatic carbocycles. The van der Waals surface area contributed by atoms with Crippen LogP contribution in [0, 0.1) is 5.92 Å². The predicted molar refractivity (Wildman–Crippen MR) is 173 cm³/mol. The summed E-state index contributed by atoms with van der Waals surface area (Å²) in [5.74, 6) is 2.11. The van der Waals surface area contributed by atoms with Gasteiger partial charge in [-0.1, -0.05) is 23.2 Å². The van der Waals surface area contributed by atoms with Gasteiger partial charge in [0.2, 0.25) is 11.8 Å². The van der Waals surface area contributed by atoms with Gasteiger partial charge in [0.05, 0.1) is 24.7 Å². The second-order valence-corrected chi connectivity index (χ2v) is 12.1. The summed E-state index contributed by atoms with van der Waals surface area (Å²) >= 11 is 12.7. The number of methoxy groups -OCH3 is 1. The Morgan fingerprint density at radius 2 is 1.66 bits per heavy atom. The Bertz CT molecular complexity index is 1360. The van der Waals surface area contributed by atoms with Gasteiger partial charge in [-0.2, -0.15) is 0 Å². The van der Waals surface area contributed by atoms with Crippen LogP contribution in [0.1, 0.15) is 18.4 Å². The molecule has 2 aliphatic rings. The zero-order valence-corrected chi connectivity index (χ0v) is 26.8. The SMILES string of the molecule is CNC(=O)NCC1CCN(Cc2cc(Oc3cnc(N4CCN(CCOC)CC4)nc3)nc(-c3cc(Cl)cc(Cl)c3)c2)CC1. The number of piperazine rings is 1. The van der Waals surface area contributed by atoms with E-state index in [9.17, 15) is 4.79 Å². The number of hydrogen-bond acceptors (Lipinski definition) is 9. The van der Waals surface area contributed by atoms with E-state index in [0.29, 0.717) is 40.1 Å². The molecule has 0 unspecified atom stereocenters. The molecule has 2 saturated heterocycles. The van der Waals surface area contributed by atoms with Gasteiger partial charge in [0.1, 0.15) is 0 Å². The third kappa shape index (κ3) is 9.15.